The summed E-state index contributed by atoms with van der Waals surface area (Å²) in [7, 11) is 0. The van der Waals surface area contributed by atoms with Gasteiger partial charge in [0.25, 0.3) is 0 Å². The SMILES string of the molecule is NC1(CNC2C3C4CCC(C4)C23)CCOCC1. The largest absolute Gasteiger partial charge is 0.381 e. The van der Waals surface area contributed by atoms with E-state index in [1.54, 1.807) is 0 Å². The zero-order chi connectivity index (χ0) is 11.5. The molecule has 96 valence electrons. The van der Waals surface area contributed by atoms with Gasteiger partial charge in [0.2, 0.25) is 0 Å². The normalized spacial score (nSPS) is 50.3. The summed E-state index contributed by atoms with van der Waals surface area (Å²) < 4.78 is 5.40. The van der Waals surface area contributed by atoms with Crippen LogP contribution in [0.1, 0.15) is 32.1 Å². The molecule has 4 unspecified atom stereocenters. The van der Waals surface area contributed by atoms with E-state index in [0.29, 0.717) is 0 Å². The highest BCUT2D eigenvalue weighted by Crippen LogP contribution is 2.65. The molecule has 1 saturated heterocycles. The molecule has 0 aromatic carbocycles. The van der Waals surface area contributed by atoms with Crippen LogP contribution >= 0.6 is 0 Å². The lowest BCUT2D eigenvalue weighted by Crippen LogP contribution is -2.53. The molecule has 3 heteroatoms. The predicted octanol–water partition coefficient (Wildman–Crippen LogP) is 1.13. The third-order valence-electron chi connectivity index (χ3n) is 5.91. The van der Waals surface area contributed by atoms with Crippen LogP contribution in [0, 0.1) is 23.7 Å². The minimum atomic E-state index is 0.00812. The fourth-order valence-electron chi connectivity index (χ4n) is 4.87. The fourth-order valence-corrected chi connectivity index (χ4v) is 4.87. The van der Waals surface area contributed by atoms with E-state index in [1.807, 2.05) is 0 Å². The second kappa shape index (κ2) is 3.69. The molecule has 2 bridgehead atoms. The summed E-state index contributed by atoms with van der Waals surface area (Å²) in [5.74, 6) is 4.17. The topological polar surface area (TPSA) is 47.3 Å². The Morgan fingerprint density at radius 1 is 1.12 bits per heavy atom. The van der Waals surface area contributed by atoms with Crippen molar-refractivity contribution in [1.29, 1.82) is 0 Å². The second-order valence-corrected chi connectivity index (χ2v) is 6.87. The van der Waals surface area contributed by atoms with Gasteiger partial charge in [-0.3, -0.25) is 0 Å². The Hall–Kier alpha value is -0.120. The van der Waals surface area contributed by atoms with Crippen LogP contribution in [0.3, 0.4) is 0 Å². The van der Waals surface area contributed by atoms with Gasteiger partial charge in [-0.2, -0.15) is 0 Å². The van der Waals surface area contributed by atoms with Crippen molar-refractivity contribution in [2.24, 2.45) is 29.4 Å². The van der Waals surface area contributed by atoms with Gasteiger partial charge in [-0.15, -0.1) is 0 Å². The zero-order valence-electron chi connectivity index (χ0n) is 10.5. The summed E-state index contributed by atoms with van der Waals surface area (Å²) >= 11 is 0. The summed E-state index contributed by atoms with van der Waals surface area (Å²) in [5.41, 5.74) is 6.44. The molecule has 3 aliphatic carbocycles. The van der Waals surface area contributed by atoms with Crippen LogP contribution in [0.2, 0.25) is 0 Å². The van der Waals surface area contributed by atoms with Crippen LogP contribution in [-0.2, 0) is 4.74 Å². The van der Waals surface area contributed by atoms with E-state index in [1.165, 1.54) is 19.3 Å². The fraction of sp³-hybridized carbons (Fsp3) is 1.00. The van der Waals surface area contributed by atoms with E-state index in [4.69, 9.17) is 10.5 Å². The van der Waals surface area contributed by atoms with Gasteiger partial charge < -0.3 is 15.8 Å². The Labute approximate surface area is 103 Å². The van der Waals surface area contributed by atoms with E-state index in [9.17, 15) is 0 Å². The third-order valence-corrected chi connectivity index (χ3v) is 5.91. The summed E-state index contributed by atoms with van der Waals surface area (Å²) in [6.45, 7) is 2.70. The van der Waals surface area contributed by atoms with Crippen molar-refractivity contribution in [1.82, 2.24) is 5.32 Å². The Bertz CT molecular complexity index is 297. The van der Waals surface area contributed by atoms with E-state index in [-0.39, 0.29) is 5.54 Å². The molecule has 1 heterocycles. The standard InChI is InChI=1S/C14H24N2O/c15-14(3-5-17-6-4-14)8-16-13-11-9-1-2-10(7-9)12(11)13/h9-13,16H,1-8,15H2. The van der Waals surface area contributed by atoms with Crippen molar-refractivity contribution in [3.63, 3.8) is 0 Å². The highest BCUT2D eigenvalue weighted by Gasteiger charge is 2.64. The molecule has 0 amide bonds. The quantitative estimate of drug-likeness (QED) is 0.772. The molecular weight excluding hydrogens is 212 g/mol. The Morgan fingerprint density at radius 3 is 2.41 bits per heavy atom. The van der Waals surface area contributed by atoms with Crippen molar-refractivity contribution < 1.29 is 4.74 Å². The van der Waals surface area contributed by atoms with Crippen molar-refractivity contribution in [2.45, 2.75) is 43.7 Å². The van der Waals surface area contributed by atoms with E-state index in [0.717, 1.165) is 62.3 Å². The predicted molar refractivity (Wildman–Crippen MR) is 66.6 cm³/mol. The number of hydrogen-bond donors (Lipinski definition) is 2. The van der Waals surface area contributed by atoms with Crippen LogP contribution in [0.15, 0.2) is 0 Å². The molecule has 0 aromatic rings. The minimum absolute atomic E-state index is 0.00812. The molecule has 4 fully saturated rings. The van der Waals surface area contributed by atoms with Crippen LogP contribution in [0.5, 0.6) is 0 Å². The van der Waals surface area contributed by atoms with Gasteiger partial charge >= 0.3 is 0 Å². The summed E-state index contributed by atoms with van der Waals surface area (Å²) in [5, 5.41) is 3.79. The first-order valence-electron chi connectivity index (χ1n) is 7.37. The smallest absolute Gasteiger partial charge is 0.0484 e. The molecule has 17 heavy (non-hydrogen) atoms. The zero-order valence-corrected chi connectivity index (χ0v) is 10.5. The van der Waals surface area contributed by atoms with Gasteiger partial charge in [0.15, 0.2) is 0 Å². The highest BCUT2D eigenvalue weighted by molar-refractivity contribution is 5.17. The number of ether oxygens (including phenoxy) is 1. The molecule has 3 saturated carbocycles. The first-order chi connectivity index (χ1) is 8.27. The first-order valence-corrected chi connectivity index (χ1v) is 7.37. The van der Waals surface area contributed by atoms with Crippen LogP contribution in [0.25, 0.3) is 0 Å². The Morgan fingerprint density at radius 2 is 1.76 bits per heavy atom. The van der Waals surface area contributed by atoms with Crippen molar-refractivity contribution >= 4 is 0 Å². The Kier molecular flexibility index (Phi) is 2.34. The molecule has 4 atom stereocenters. The van der Waals surface area contributed by atoms with Gasteiger partial charge in [0.05, 0.1) is 0 Å². The minimum Gasteiger partial charge on any atom is -0.381 e. The van der Waals surface area contributed by atoms with E-state index < -0.39 is 0 Å². The molecule has 0 spiro atoms. The number of nitrogens with two attached hydrogens (primary N) is 1. The molecule has 3 nitrogen and oxygen atoms in total. The maximum atomic E-state index is 6.43. The van der Waals surface area contributed by atoms with Crippen LogP contribution < -0.4 is 11.1 Å². The van der Waals surface area contributed by atoms with Gasteiger partial charge in [-0.25, -0.2) is 0 Å². The van der Waals surface area contributed by atoms with E-state index >= 15 is 0 Å². The number of nitrogens with one attached hydrogen (secondary N) is 1. The summed E-state index contributed by atoms with van der Waals surface area (Å²) in [6, 6.07) is 0.824. The van der Waals surface area contributed by atoms with Gasteiger partial charge in [0, 0.05) is 31.3 Å². The molecule has 4 aliphatic rings. The number of hydrogen-bond acceptors (Lipinski definition) is 3. The molecular formula is C14H24N2O. The molecule has 3 N–H and O–H groups in total. The number of fused-ring (bicyclic) bond motifs is 5. The maximum Gasteiger partial charge on any atom is 0.0484 e. The lowest BCUT2D eigenvalue weighted by Gasteiger charge is -2.34. The summed E-state index contributed by atoms with van der Waals surface area (Å²) in [6.07, 6.45) is 6.59. The molecule has 1 aliphatic heterocycles. The van der Waals surface area contributed by atoms with Crippen molar-refractivity contribution in [3.8, 4) is 0 Å². The highest BCUT2D eigenvalue weighted by atomic mass is 16.5. The average molecular weight is 236 g/mol. The van der Waals surface area contributed by atoms with Gasteiger partial charge in [-0.1, -0.05) is 0 Å². The monoisotopic (exact) mass is 236 g/mol. The summed E-state index contributed by atoms with van der Waals surface area (Å²) in [4.78, 5) is 0. The number of rotatable bonds is 3. The molecule has 4 rings (SSSR count). The van der Waals surface area contributed by atoms with Gasteiger partial charge in [-0.05, 0) is 55.8 Å². The van der Waals surface area contributed by atoms with Crippen molar-refractivity contribution in [3.05, 3.63) is 0 Å². The van der Waals surface area contributed by atoms with Crippen LogP contribution in [-0.4, -0.2) is 31.3 Å². The van der Waals surface area contributed by atoms with E-state index in [2.05, 4.69) is 5.32 Å². The van der Waals surface area contributed by atoms with Gasteiger partial charge in [0.1, 0.15) is 0 Å². The lowest BCUT2D eigenvalue weighted by molar-refractivity contribution is 0.0527. The Balaban J connectivity index is 1.32. The third kappa shape index (κ3) is 1.66. The molecule has 0 radical (unpaired) electrons. The van der Waals surface area contributed by atoms with Crippen LogP contribution in [0.4, 0.5) is 0 Å². The van der Waals surface area contributed by atoms with Crippen molar-refractivity contribution in [2.75, 3.05) is 19.8 Å². The average Bonchev–Trinajstić information content (AvgIpc) is 2.73. The lowest BCUT2D eigenvalue weighted by atomic mass is 9.91. The molecule has 0 aromatic heterocycles. The second-order valence-electron chi connectivity index (χ2n) is 6.87. The maximum absolute atomic E-state index is 6.43. The first kappa shape index (κ1) is 10.8.